The number of hydrogen-bond acceptors (Lipinski definition) is 7. The van der Waals surface area contributed by atoms with E-state index in [-0.39, 0.29) is 34.8 Å². The average molecular weight is 574 g/mol. The Bertz CT molecular complexity index is 1390. The molecule has 1 aromatic carbocycles. The van der Waals surface area contributed by atoms with Gasteiger partial charge >= 0.3 is 6.18 Å². The van der Waals surface area contributed by atoms with Gasteiger partial charge in [-0.2, -0.15) is 13.2 Å². The van der Waals surface area contributed by atoms with Crippen LogP contribution in [0.4, 0.5) is 13.2 Å². The minimum atomic E-state index is -4.44. The zero-order valence-electron chi connectivity index (χ0n) is 19.6. The number of alkyl halides is 3. The van der Waals surface area contributed by atoms with E-state index in [1.165, 1.54) is 31.4 Å². The van der Waals surface area contributed by atoms with Crippen molar-refractivity contribution in [3.05, 3.63) is 64.0 Å². The lowest BCUT2D eigenvalue weighted by Crippen LogP contribution is -2.47. The van der Waals surface area contributed by atoms with Gasteiger partial charge in [-0.25, -0.2) is 13.4 Å². The van der Waals surface area contributed by atoms with E-state index in [0.29, 0.717) is 34.0 Å². The molecule has 0 saturated heterocycles. The number of hydrogen-bond donors (Lipinski definition) is 2. The topological polar surface area (TPSA) is 97.4 Å². The van der Waals surface area contributed by atoms with E-state index in [1.54, 1.807) is 12.1 Å². The number of pyridine rings is 1. The number of thiophene rings is 1. The highest BCUT2D eigenvalue weighted by Gasteiger charge is 2.49. The number of ether oxygens (including phenoxy) is 1. The summed E-state index contributed by atoms with van der Waals surface area (Å²) in [7, 11) is -2.09. The molecule has 0 aliphatic heterocycles. The SMILES string of the molecule is COc1cc(CNC(=O)C2(NCCS(=O)(=O)c3ccc(Cl)s3)CC2)cc(-c2ccc(C(F)(F)F)cc2)n1. The second-order valence-corrected chi connectivity index (χ2v) is 12.6. The summed E-state index contributed by atoms with van der Waals surface area (Å²) in [5.74, 6) is -0.188. The van der Waals surface area contributed by atoms with E-state index in [1.807, 2.05) is 0 Å². The summed E-state index contributed by atoms with van der Waals surface area (Å²) in [4.78, 5) is 17.2. The number of nitrogens with one attached hydrogen (secondary N) is 2. The summed E-state index contributed by atoms with van der Waals surface area (Å²) in [6.07, 6.45) is -3.30. The Morgan fingerprint density at radius 2 is 1.86 bits per heavy atom. The molecule has 37 heavy (non-hydrogen) atoms. The quantitative estimate of drug-likeness (QED) is 0.365. The summed E-state index contributed by atoms with van der Waals surface area (Å²) >= 11 is 6.82. The van der Waals surface area contributed by atoms with Crippen molar-refractivity contribution in [3.8, 4) is 17.1 Å². The monoisotopic (exact) mass is 573 g/mol. The van der Waals surface area contributed by atoms with Gasteiger partial charge in [0.05, 0.1) is 34.0 Å². The maximum absolute atomic E-state index is 12.9. The van der Waals surface area contributed by atoms with Crippen LogP contribution in [-0.2, 0) is 27.4 Å². The molecule has 0 atom stereocenters. The summed E-state index contributed by atoms with van der Waals surface area (Å²) < 4.78 is 69.3. The predicted molar refractivity (Wildman–Crippen MR) is 134 cm³/mol. The lowest BCUT2D eigenvalue weighted by molar-refractivity contribution is -0.137. The second-order valence-electron chi connectivity index (χ2n) is 8.55. The third-order valence-corrected chi connectivity index (χ3v) is 9.43. The number of carbonyl (C=O) groups is 1. The lowest BCUT2D eigenvalue weighted by Gasteiger charge is -2.17. The van der Waals surface area contributed by atoms with Crippen molar-refractivity contribution in [2.75, 3.05) is 19.4 Å². The highest BCUT2D eigenvalue weighted by Crippen LogP contribution is 2.36. The van der Waals surface area contributed by atoms with Gasteiger partial charge in [0, 0.05) is 24.7 Å². The standard InChI is InChI=1S/C24H23ClF3N3O4S2/c1-35-20-13-15(12-18(31-20)16-2-4-17(5-3-16)24(26,27)28)14-29-22(32)23(8-9-23)30-10-11-37(33,34)21-7-6-19(25)36-21/h2-7,12-13,30H,8-11,14H2,1H3,(H,29,32). The molecule has 4 rings (SSSR count). The van der Waals surface area contributed by atoms with Crippen LogP contribution in [0.5, 0.6) is 5.88 Å². The van der Waals surface area contributed by atoms with Crippen molar-refractivity contribution in [1.82, 2.24) is 15.6 Å². The number of aromatic nitrogens is 1. The van der Waals surface area contributed by atoms with E-state index in [4.69, 9.17) is 16.3 Å². The maximum Gasteiger partial charge on any atom is 0.416 e. The smallest absolute Gasteiger partial charge is 0.416 e. The molecule has 13 heteroatoms. The van der Waals surface area contributed by atoms with Crippen LogP contribution in [0.25, 0.3) is 11.3 Å². The molecule has 1 aliphatic carbocycles. The van der Waals surface area contributed by atoms with Crippen LogP contribution in [0.1, 0.15) is 24.0 Å². The molecule has 1 aliphatic rings. The van der Waals surface area contributed by atoms with Crippen LogP contribution < -0.4 is 15.4 Å². The van der Waals surface area contributed by atoms with Gasteiger partial charge in [0.25, 0.3) is 0 Å². The molecule has 3 aromatic rings. The highest BCUT2D eigenvalue weighted by atomic mass is 35.5. The van der Waals surface area contributed by atoms with E-state index < -0.39 is 27.1 Å². The Hall–Kier alpha value is -2.67. The van der Waals surface area contributed by atoms with Crippen LogP contribution in [0.2, 0.25) is 4.34 Å². The Labute approximate surface area is 220 Å². The molecule has 1 fully saturated rings. The van der Waals surface area contributed by atoms with Gasteiger partial charge in [0.15, 0.2) is 9.84 Å². The van der Waals surface area contributed by atoms with E-state index in [2.05, 4.69) is 15.6 Å². The number of sulfone groups is 1. The molecular weight excluding hydrogens is 551 g/mol. The van der Waals surface area contributed by atoms with Gasteiger partial charge in [-0.15, -0.1) is 11.3 Å². The van der Waals surface area contributed by atoms with Crippen LogP contribution in [0.15, 0.2) is 52.7 Å². The number of methoxy groups -OCH3 is 1. The van der Waals surface area contributed by atoms with Crippen LogP contribution in [0.3, 0.4) is 0 Å². The number of nitrogens with zero attached hydrogens (tertiary/aromatic N) is 1. The van der Waals surface area contributed by atoms with Crippen LogP contribution in [0, 0.1) is 0 Å². The number of halogens is 4. The molecule has 1 amide bonds. The summed E-state index contributed by atoms with van der Waals surface area (Å²) in [5.41, 5.74) is -0.0943. The molecule has 0 radical (unpaired) electrons. The number of benzene rings is 1. The zero-order chi connectivity index (χ0) is 26.8. The van der Waals surface area contributed by atoms with Crippen molar-refractivity contribution in [1.29, 1.82) is 0 Å². The Morgan fingerprint density at radius 1 is 1.16 bits per heavy atom. The fourth-order valence-corrected chi connectivity index (χ4v) is 6.48. The first-order chi connectivity index (χ1) is 17.4. The fourth-order valence-electron chi connectivity index (χ4n) is 3.69. The average Bonchev–Trinajstić information content (AvgIpc) is 3.52. The Kier molecular flexibility index (Phi) is 7.84. The van der Waals surface area contributed by atoms with Gasteiger partial charge in [-0.3, -0.25) is 4.79 Å². The van der Waals surface area contributed by atoms with Crippen molar-refractivity contribution < 1.29 is 31.1 Å². The molecule has 7 nitrogen and oxygen atoms in total. The van der Waals surface area contributed by atoms with Crippen molar-refractivity contribution in [2.24, 2.45) is 0 Å². The summed E-state index contributed by atoms with van der Waals surface area (Å²) in [6.45, 7) is 0.229. The van der Waals surface area contributed by atoms with Gasteiger partial charge in [0.1, 0.15) is 4.21 Å². The third kappa shape index (κ3) is 6.61. The van der Waals surface area contributed by atoms with E-state index >= 15 is 0 Å². The number of carbonyl (C=O) groups excluding carboxylic acids is 1. The van der Waals surface area contributed by atoms with Crippen molar-refractivity contribution in [3.63, 3.8) is 0 Å². The normalized spacial score (nSPS) is 14.8. The second kappa shape index (κ2) is 10.6. The fraction of sp³-hybridized carbons (Fsp3) is 0.333. The summed E-state index contributed by atoms with van der Waals surface area (Å²) in [5, 5.41) is 5.91. The molecular formula is C24H23ClF3N3O4S2. The minimum absolute atomic E-state index is 0.104. The molecule has 2 heterocycles. The van der Waals surface area contributed by atoms with Gasteiger partial charge < -0.3 is 15.4 Å². The van der Waals surface area contributed by atoms with Gasteiger partial charge in [-0.1, -0.05) is 23.7 Å². The zero-order valence-corrected chi connectivity index (χ0v) is 22.0. The third-order valence-electron chi connectivity index (χ3n) is 5.91. The molecule has 2 N–H and O–H groups in total. The molecule has 0 bridgehead atoms. The van der Waals surface area contributed by atoms with Crippen LogP contribution >= 0.6 is 22.9 Å². The van der Waals surface area contributed by atoms with E-state index in [0.717, 1.165) is 23.5 Å². The molecule has 1 saturated carbocycles. The lowest BCUT2D eigenvalue weighted by atomic mass is 10.1. The molecule has 0 unspecified atom stereocenters. The van der Waals surface area contributed by atoms with Crippen LogP contribution in [-0.4, -0.2) is 44.3 Å². The maximum atomic E-state index is 12.9. The minimum Gasteiger partial charge on any atom is -0.481 e. The van der Waals surface area contributed by atoms with Gasteiger partial charge in [-0.05, 0) is 48.7 Å². The first-order valence-electron chi connectivity index (χ1n) is 11.2. The first-order valence-corrected chi connectivity index (χ1v) is 14.0. The summed E-state index contributed by atoms with van der Waals surface area (Å²) in [6, 6.07) is 10.9. The van der Waals surface area contributed by atoms with Gasteiger partial charge in [0.2, 0.25) is 11.8 Å². The Balaban J connectivity index is 1.38. The highest BCUT2D eigenvalue weighted by molar-refractivity contribution is 7.93. The van der Waals surface area contributed by atoms with Crippen molar-refractivity contribution >= 4 is 38.7 Å². The largest absolute Gasteiger partial charge is 0.481 e. The molecule has 198 valence electrons. The predicted octanol–water partition coefficient (Wildman–Crippen LogP) is 4.70. The first kappa shape index (κ1) is 27.4. The van der Waals surface area contributed by atoms with Crippen molar-refractivity contribution in [2.45, 2.75) is 35.3 Å². The molecule has 0 spiro atoms. The number of amides is 1. The molecule has 2 aromatic heterocycles. The Morgan fingerprint density at radius 3 is 2.43 bits per heavy atom. The van der Waals surface area contributed by atoms with E-state index in [9.17, 15) is 26.4 Å². The number of rotatable bonds is 10.